The third-order valence-corrected chi connectivity index (χ3v) is 4.20. The monoisotopic (exact) mass is 262 g/mol. The van der Waals surface area contributed by atoms with Gasteiger partial charge in [0.15, 0.2) is 9.50 Å². The van der Waals surface area contributed by atoms with Crippen LogP contribution in [0.1, 0.15) is 4.88 Å². The predicted octanol–water partition coefficient (Wildman–Crippen LogP) is 1.57. The summed E-state index contributed by atoms with van der Waals surface area (Å²) in [6.07, 6.45) is 1.48. The van der Waals surface area contributed by atoms with Crippen LogP contribution < -0.4 is 0 Å². The van der Waals surface area contributed by atoms with Gasteiger partial charge in [-0.05, 0) is 11.8 Å². The smallest absolute Gasteiger partial charge is 0.192 e. The van der Waals surface area contributed by atoms with Gasteiger partial charge in [-0.25, -0.2) is 14.6 Å². The zero-order chi connectivity index (χ0) is 10.8. The van der Waals surface area contributed by atoms with Crippen molar-refractivity contribution in [2.24, 2.45) is 7.05 Å². The first-order valence-corrected chi connectivity index (χ1v) is 5.99. The Bertz CT molecular complexity index is 469. The summed E-state index contributed by atoms with van der Waals surface area (Å²) >= 11 is 8.54. The maximum atomic E-state index is 8.96. The Morgan fingerprint density at radius 2 is 2.47 bits per heavy atom. The van der Waals surface area contributed by atoms with E-state index in [1.54, 1.807) is 11.7 Å². The number of aromatic nitrogens is 4. The molecule has 0 saturated heterocycles. The zero-order valence-corrected chi connectivity index (χ0v) is 10.1. The molecule has 2 aromatic rings. The maximum absolute atomic E-state index is 8.96. The lowest BCUT2D eigenvalue weighted by atomic mass is 10.6. The molecule has 0 aliphatic carbocycles. The molecule has 0 unspecified atom stereocenters. The van der Waals surface area contributed by atoms with Crippen LogP contribution in [0.15, 0.2) is 15.8 Å². The second-order valence-corrected chi connectivity index (χ2v) is 5.28. The minimum Gasteiger partial charge on any atom is -0.391 e. The molecule has 0 fully saturated rings. The lowest BCUT2D eigenvalue weighted by Gasteiger charge is -1.94. The van der Waals surface area contributed by atoms with Crippen molar-refractivity contribution < 1.29 is 5.11 Å². The fraction of sp³-hybridized carbons (Fsp3) is 0.286. The van der Waals surface area contributed by atoms with Gasteiger partial charge in [0.1, 0.15) is 11.5 Å². The van der Waals surface area contributed by atoms with E-state index in [-0.39, 0.29) is 6.61 Å². The number of nitrogens with zero attached hydrogens (tertiary/aromatic N) is 4. The van der Waals surface area contributed by atoms with Gasteiger partial charge < -0.3 is 5.11 Å². The van der Waals surface area contributed by atoms with E-state index < -0.39 is 0 Å². The van der Waals surface area contributed by atoms with E-state index in [0.717, 1.165) is 9.50 Å². The third kappa shape index (κ3) is 2.31. The number of halogens is 1. The number of hydrogen-bond acceptors (Lipinski definition) is 6. The van der Waals surface area contributed by atoms with Gasteiger partial charge in [0, 0.05) is 7.05 Å². The van der Waals surface area contributed by atoms with Gasteiger partial charge in [-0.3, -0.25) is 0 Å². The molecule has 15 heavy (non-hydrogen) atoms. The highest BCUT2D eigenvalue weighted by Crippen LogP contribution is 2.33. The van der Waals surface area contributed by atoms with Crippen molar-refractivity contribution in [1.29, 1.82) is 0 Å². The summed E-state index contributed by atoms with van der Waals surface area (Å²) in [7, 11) is 1.80. The Kier molecular flexibility index (Phi) is 3.25. The Hall–Kier alpha value is -0.630. The van der Waals surface area contributed by atoms with Crippen LogP contribution in [0.2, 0.25) is 5.15 Å². The minimum absolute atomic E-state index is 0.0874. The number of rotatable bonds is 3. The molecule has 0 aromatic carbocycles. The van der Waals surface area contributed by atoms with E-state index in [1.807, 2.05) is 0 Å². The van der Waals surface area contributed by atoms with Crippen LogP contribution >= 0.6 is 34.7 Å². The number of hydrogen-bond donors (Lipinski definition) is 1. The highest BCUT2D eigenvalue weighted by atomic mass is 35.5. The molecule has 0 aliphatic rings. The lowest BCUT2D eigenvalue weighted by molar-refractivity contribution is 0.285. The predicted molar refractivity (Wildman–Crippen MR) is 58.2 cm³/mol. The van der Waals surface area contributed by atoms with Crippen molar-refractivity contribution in [2.45, 2.75) is 16.1 Å². The molecule has 0 radical (unpaired) electrons. The molecule has 8 heteroatoms. The molecule has 80 valence electrons. The third-order valence-electron chi connectivity index (χ3n) is 1.62. The van der Waals surface area contributed by atoms with Crippen LogP contribution in [0.3, 0.4) is 0 Å². The van der Waals surface area contributed by atoms with Gasteiger partial charge in [0.05, 0.1) is 11.5 Å². The van der Waals surface area contributed by atoms with Crippen molar-refractivity contribution in [1.82, 2.24) is 19.7 Å². The number of aliphatic hydroxyl groups is 1. The summed E-state index contributed by atoms with van der Waals surface area (Å²) in [6, 6.07) is 0. The van der Waals surface area contributed by atoms with Gasteiger partial charge in [-0.2, -0.15) is 5.10 Å². The molecular formula is C7H7ClN4OS2. The van der Waals surface area contributed by atoms with Crippen molar-refractivity contribution in [3.05, 3.63) is 16.4 Å². The van der Waals surface area contributed by atoms with Gasteiger partial charge in [-0.15, -0.1) is 11.3 Å². The molecular weight excluding hydrogens is 256 g/mol. The van der Waals surface area contributed by atoms with Crippen LogP contribution in [0, 0.1) is 0 Å². The van der Waals surface area contributed by atoms with Crippen molar-refractivity contribution in [3.8, 4) is 0 Å². The van der Waals surface area contributed by atoms with E-state index in [1.165, 1.54) is 29.4 Å². The summed E-state index contributed by atoms with van der Waals surface area (Å²) in [5, 5.41) is 14.0. The molecule has 2 heterocycles. The van der Waals surface area contributed by atoms with Crippen LogP contribution in [0.5, 0.6) is 0 Å². The van der Waals surface area contributed by atoms with Gasteiger partial charge in [0.25, 0.3) is 0 Å². The molecule has 0 aliphatic heterocycles. The largest absolute Gasteiger partial charge is 0.391 e. The van der Waals surface area contributed by atoms with E-state index in [0.29, 0.717) is 10.0 Å². The van der Waals surface area contributed by atoms with E-state index in [9.17, 15) is 0 Å². The molecule has 2 aromatic heterocycles. The van der Waals surface area contributed by atoms with Crippen LogP contribution in [0.4, 0.5) is 0 Å². The summed E-state index contributed by atoms with van der Waals surface area (Å²) in [5.74, 6) is 0. The molecule has 0 amide bonds. The normalized spacial score (nSPS) is 10.9. The molecule has 0 spiro atoms. The zero-order valence-electron chi connectivity index (χ0n) is 7.71. The molecule has 1 N–H and O–H groups in total. The lowest BCUT2D eigenvalue weighted by Crippen LogP contribution is -1.91. The van der Waals surface area contributed by atoms with Crippen molar-refractivity contribution >= 4 is 34.7 Å². The number of aryl methyl sites for hydroxylation is 1. The van der Waals surface area contributed by atoms with E-state index >= 15 is 0 Å². The Balaban J connectivity index is 2.21. The number of thiazole rings is 1. The minimum atomic E-state index is -0.0874. The topological polar surface area (TPSA) is 63.8 Å². The fourth-order valence-corrected chi connectivity index (χ4v) is 3.08. The maximum Gasteiger partial charge on any atom is 0.192 e. The average molecular weight is 263 g/mol. The summed E-state index contributed by atoms with van der Waals surface area (Å²) in [5.41, 5.74) is 0. The fourth-order valence-electron chi connectivity index (χ4n) is 0.910. The van der Waals surface area contributed by atoms with Gasteiger partial charge in [-0.1, -0.05) is 11.6 Å². The summed E-state index contributed by atoms with van der Waals surface area (Å²) < 4.78 is 2.40. The highest BCUT2D eigenvalue weighted by Gasteiger charge is 2.11. The van der Waals surface area contributed by atoms with Gasteiger partial charge in [0.2, 0.25) is 0 Å². The number of aliphatic hydroxyl groups excluding tert-OH is 1. The van der Waals surface area contributed by atoms with Crippen molar-refractivity contribution in [2.75, 3.05) is 0 Å². The average Bonchev–Trinajstić information content (AvgIpc) is 2.75. The molecule has 0 saturated carbocycles. The van der Waals surface area contributed by atoms with Crippen LogP contribution in [-0.2, 0) is 13.7 Å². The first-order valence-electron chi connectivity index (χ1n) is 3.98. The highest BCUT2D eigenvalue weighted by molar-refractivity contribution is 8.00. The van der Waals surface area contributed by atoms with E-state index in [4.69, 9.17) is 16.7 Å². The first-order chi connectivity index (χ1) is 7.20. The second kappa shape index (κ2) is 4.48. The SMILES string of the molecule is Cn1ncnc1Sc1nc(Cl)c(CO)s1. The van der Waals surface area contributed by atoms with Crippen LogP contribution in [0.25, 0.3) is 0 Å². The molecule has 0 atom stereocenters. The quantitative estimate of drug-likeness (QED) is 0.910. The summed E-state index contributed by atoms with van der Waals surface area (Å²) in [4.78, 5) is 8.82. The Labute approximate surface area is 99.1 Å². The first kappa shape index (κ1) is 10.9. The van der Waals surface area contributed by atoms with Crippen molar-refractivity contribution in [3.63, 3.8) is 0 Å². The Morgan fingerprint density at radius 3 is 3.00 bits per heavy atom. The van der Waals surface area contributed by atoms with Gasteiger partial charge >= 0.3 is 0 Å². The Morgan fingerprint density at radius 1 is 1.67 bits per heavy atom. The molecule has 2 rings (SSSR count). The van der Waals surface area contributed by atoms with Crippen LogP contribution in [-0.4, -0.2) is 24.9 Å². The second-order valence-electron chi connectivity index (χ2n) is 2.62. The standard InChI is InChI=1S/C7H7ClN4OS2/c1-12-6(9-3-10-12)15-7-11-5(8)4(2-13)14-7/h3,13H,2H2,1H3. The molecule has 0 bridgehead atoms. The summed E-state index contributed by atoms with van der Waals surface area (Å²) in [6.45, 7) is -0.0874. The molecule has 5 nitrogen and oxygen atoms in total. The van der Waals surface area contributed by atoms with E-state index in [2.05, 4.69) is 15.1 Å².